The third kappa shape index (κ3) is 4.24. The van der Waals surface area contributed by atoms with Crippen LogP contribution >= 0.6 is 23.2 Å². The highest BCUT2D eigenvalue weighted by atomic mass is 35.5. The monoisotopic (exact) mass is 604 g/mol. The number of hydrogen-bond donors (Lipinski definition) is 1. The molecule has 216 valence electrons. The average molecular weight is 606 g/mol. The Labute approximate surface area is 254 Å². The van der Waals surface area contributed by atoms with E-state index in [0.717, 1.165) is 46.4 Å². The Morgan fingerprint density at radius 2 is 1.31 bits per heavy atom. The number of ether oxygens (including phenoxy) is 1. The molecule has 1 heterocycles. The number of anilines is 1. The number of rotatable bonds is 9. The van der Waals surface area contributed by atoms with Crippen molar-refractivity contribution in [2.45, 2.75) is 42.4 Å². The summed E-state index contributed by atoms with van der Waals surface area (Å²) in [4.78, 5) is 51.4. The Hall–Kier alpha value is -3.68. The lowest BCUT2D eigenvalue weighted by molar-refractivity contribution is -0.140. The summed E-state index contributed by atoms with van der Waals surface area (Å²) < 4.78 is 5.27. The molecule has 1 saturated heterocycles. The highest BCUT2D eigenvalue weighted by Gasteiger charge is 2.72. The van der Waals surface area contributed by atoms with E-state index in [1.54, 1.807) is 24.3 Å². The summed E-state index contributed by atoms with van der Waals surface area (Å²) in [7, 11) is 0. The first-order chi connectivity index (χ1) is 20.2. The number of carbonyl (C=O) groups is 4. The molecule has 9 heteroatoms. The number of likely N-dealkylation sites (tertiary alicyclic amines) is 1. The van der Waals surface area contributed by atoms with Crippen LogP contribution in [0.2, 0.25) is 0 Å². The number of imide groups is 1. The Morgan fingerprint density at radius 3 is 1.79 bits per heavy atom. The SMILES string of the molecule is CCCCCOC(=O)c1ccc(NC(=O)CCN2C(=O)[C@@H]3[C@@H](C2=O)C2(Cl)c4ccccc4C3(Cl)c3ccccc32)cc1. The van der Waals surface area contributed by atoms with E-state index in [0.29, 0.717) is 17.9 Å². The van der Waals surface area contributed by atoms with Gasteiger partial charge in [-0.05, 0) is 52.9 Å². The summed E-state index contributed by atoms with van der Waals surface area (Å²) in [5.74, 6) is -3.44. The molecule has 3 amide bonds. The normalized spacial score (nSPS) is 25.1. The first-order valence-electron chi connectivity index (χ1n) is 14.2. The molecule has 0 unspecified atom stereocenters. The van der Waals surface area contributed by atoms with Gasteiger partial charge in [0.2, 0.25) is 17.7 Å². The van der Waals surface area contributed by atoms with E-state index in [-0.39, 0.29) is 18.9 Å². The molecule has 3 aromatic carbocycles. The van der Waals surface area contributed by atoms with Crippen LogP contribution in [0, 0.1) is 11.8 Å². The predicted octanol–water partition coefficient (Wildman–Crippen LogP) is 5.96. The smallest absolute Gasteiger partial charge is 0.338 e. The van der Waals surface area contributed by atoms with Gasteiger partial charge in [0.05, 0.1) is 24.0 Å². The number of carbonyl (C=O) groups excluding carboxylic acids is 4. The van der Waals surface area contributed by atoms with E-state index in [4.69, 9.17) is 27.9 Å². The number of nitrogens with zero attached hydrogens (tertiary/aromatic N) is 1. The summed E-state index contributed by atoms with van der Waals surface area (Å²) in [6.45, 7) is 2.34. The van der Waals surface area contributed by atoms with Crippen molar-refractivity contribution in [1.29, 1.82) is 0 Å². The molecule has 0 saturated carbocycles. The van der Waals surface area contributed by atoms with Crippen molar-refractivity contribution in [1.82, 2.24) is 4.90 Å². The third-order valence-electron chi connectivity index (χ3n) is 8.62. The predicted molar refractivity (Wildman–Crippen MR) is 159 cm³/mol. The second-order valence-corrected chi connectivity index (χ2v) is 12.2. The molecule has 1 fully saturated rings. The summed E-state index contributed by atoms with van der Waals surface area (Å²) in [6, 6.07) is 21.3. The number of halogens is 2. The zero-order chi connectivity index (χ0) is 29.6. The highest BCUT2D eigenvalue weighted by Crippen LogP contribution is 2.69. The van der Waals surface area contributed by atoms with Crippen LogP contribution in [0.5, 0.6) is 0 Å². The van der Waals surface area contributed by atoms with Gasteiger partial charge in [-0.2, -0.15) is 0 Å². The molecule has 2 atom stereocenters. The topological polar surface area (TPSA) is 92.8 Å². The van der Waals surface area contributed by atoms with Crippen LogP contribution < -0.4 is 5.32 Å². The second kappa shape index (κ2) is 10.9. The number of unbranched alkanes of at least 4 members (excludes halogenated alkanes) is 2. The van der Waals surface area contributed by atoms with Gasteiger partial charge in [0.25, 0.3) is 0 Å². The highest BCUT2D eigenvalue weighted by molar-refractivity contribution is 6.36. The zero-order valence-corrected chi connectivity index (χ0v) is 24.6. The fourth-order valence-electron chi connectivity index (χ4n) is 6.67. The average Bonchev–Trinajstić information content (AvgIpc) is 3.27. The van der Waals surface area contributed by atoms with Gasteiger partial charge in [-0.25, -0.2) is 4.79 Å². The summed E-state index contributed by atoms with van der Waals surface area (Å²) in [6.07, 6.45) is 2.74. The van der Waals surface area contributed by atoms with Crippen molar-refractivity contribution >= 4 is 52.6 Å². The van der Waals surface area contributed by atoms with E-state index in [2.05, 4.69) is 12.2 Å². The number of esters is 1. The molecule has 0 radical (unpaired) electrons. The minimum absolute atomic E-state index is 0.106. The minimum atomic E-state index is -1.25. The number of nitrogens with one attached hydrogen (secondary N) is 1. The molecule has 0 spiro atoms. The number of amides is 3. The quantitative estimate of drug-likeness (QED) is 0.141. The van der Waals surface area contributed by atoms with Crippen molar-refractivity contribution in [3.63, 3.8) is 0 Å². The Bertz CT molecular complexity index is 1470. The molecule has 7 nitrogen and oxygen atoms in total. The lowest BCUT2D eigenvalue weighted by Gasteiger charge is -2.54. The maximum Gasteiger partial charge on any atom is 0.338 e. The molecule has 4 aliphatic rings. The van der Waals surface area contributed by atoms with E-state index in [9.17, 15) is 19.2 Å². The molecule has 3 aliphatic carbocycles. The van der Waals surface area contributed by atoms with E-state index >= 15 is 0 Å². The van der Waals surface area contributed by atoms with E-state index in [1.807, 2.05) is 48.5 Å². The first kappa shape index (κ1) is 28.4. The molecule has 1 aliphatic heterocycles. The van der Waals surface area contributed by atoms with E-state index in [1.165, 1.54) is 0 Å². The van der Waals surface area contributed by atoms with E-state index < -0.39 is 39.4 Å². The molecule has 7 rings (SSSR count). The summed E-state index contributed by atoms with van der Waals surface area (Å²) in [5.41, 5.74) is 3.80. The van der Waals surface area contributed by atoms with Crippen LogP contribution in [-0.2, 0) is 28.9 Å². The van der Waals surface area contributed by atoms with Crippen molar-refractivity contribution in [2.24, 2.45) is 11.8 Å². The molecular weight excluding hydrogens is 575 g/mol. The molecule has 0 aromatic heterocycles. The molecule has 42 heavy (non-hydrogen) atoms. The lowest BCUT2D eigenvalue weighted by Crippen LogP contribution is -2.57. The van der Waals surface area contributed by atoms with Crippen molar-refractivity contribution in [2.75, 3.05) is 18.5 Å². The van der Waals surface area contributed by atoms with Gasteiger partial charge < -0.3 is 10.1 Å². The Morgan fingerprint density at radius 1 is 0.810 bits per heavy atom. The van der Waals surface area contributed by atoms with Gasteiger partial charge >= 0.3 is 5.97 Å². The molecule has 3 aromatic rings. The van der Waals surface area contributed by atoms with Crippen LogP contribution in [0.3, 0.4) is 0 Å². The minimum Gasteiger partial charge on any atom is -0.462 e. The van der Waals surface area contributed by atoms with Crippen LogP contribution in [-0.4, -0.2) is 41.7 Å². The fraction of sp³-hybridized carbons (Fsp3) is 0.333. The van der Waals surface area contributed by atoms with Crippen LogP contribution in [0.15, 0.2) is 72.8 Å². The molecular formula is C33H30Cl2N2O5. The maximum absolute atomic E-state index is 13.9. The standard InChI is InChI=1S/C33H30Cl2N2O5/c1-2-3-8-19-42-31(41)20-13-15-21(16-14-20)36-26(38)17-18-37-29(39)27-28(30(37)40)33(35)23-10-5-4-9-22(23)32(27,34)24-11-6-7-12-25(24)33/h4-7,9-16,27-28H,2-3,8,17-19H2,1H3,(H,36,38)/t27-,28-,32?,33?/m0/s1. The van der Waals surface area contributed by atoms with Gasteiger partial charge in [-0.15, -0.1) is 23.2 Å². The van der Waals surface area contributed by atoms with Gasteiger partial charge in [0.1, 0.15) is 9.75 Å². The number of alkyl halides is 2. The maximum atomic E-state index is 13.9. The number of hydrogen-bond acceptors (Lipinski definition) is 5. The van der Waals surface area contributed by atoms with Gasteiger partial charge in [-0.3, -0.25) is 19.3 Å². The van der Waals surface area contributed by atoms with Gasteiger partial charge in [0.15, 0.2) is 0 Å². The third-order valence-corrected chi connectivity index (χ3v) is 9.91. The fourth-order valence-corrected chi connectivity index (χ4v) is 7.77. The Balaban J connectivity index is 1.16. The largest absolute Gasteiger partial charge is 0.462 e. The second-order valence-electron chi connectivity index (χ2n) is 11.0. The van der Waals surface area contributed by atoms with Crippen LogP contribution in [0.1, 0.15) is 65.2 Å². The lowest BCUT2D eigenvalue weighted by atomic mass is 9.54. The van der Waals surface area contributed by atoms with Crippen molar-refractivity contribution in [3.8, 4) is 0 Å². The Kier molecular flexibility index (Phi) is 7.36. The zero-order valence-electron chi connectivity index (χ0n) is 23.1. The summed E-state index contributed by atoms with van der Waals surface area (Å²) >= 11 is 14.8. The van der Waals surface area contributed by atoms with Crippen LogP contribution in [0.4, 0.5) is 5.69 Å². The van der Waals surface area contributed by atoms with Crippen molar-refractivity contribution < 1.29 is 23.9 Å². The van der Waals surface area contributed by atoms with Crippen molar-refractivity contribution in [3.05, 3.63) is 101 Å². The summed E-state index contributed by atoms with van der Waals surface area (Å²) in [5, 5.41) is 2.77. The van der Waals surface area contributed by atoms with Gasteiger partial charge in [-0.1, -0.05) is 68.3 Å². The van der Waals surface area contributed by atoms with Gasteiger partial charge in [0, 0.05) is 18.7 Å². The number of benzene rings is 3. The first-order valence-corrected chi connectivity index (χ1v) is 15.0. The molecule has 1 N–H and O–H groups in total. The van der Waals surface area contributed by atoms with Crippen LogP contribution in [0.25, 0.3) is 0 Å². The molecule has 2 bridgehead atoms.